The van der Waals surface area contributed by atoms with Crippen LogP contribution in [0.15, 0.2) is 41.5 Å². The van der Waals surface area contributed by atoms with Gasteiger partial charge in [0.15, 0.2) is 0 Å². The summed E-state index contributed by atoms with van der Waals surface area (Å²) in [6, 6.07) is 6.25. The van der Waals surface area contributed by atoms with Crippen LogP contribution in [0.1, 0.15) is 48.9 Å². The van der Waals surface area contributed by atoms with E-state index in [1.807, 2.05) is 4.90 Å². The average Bonchev–Trinajstić information content (AvgIpc) is 3.28. The van der Waals surface area contributed by atoms with Crippen LogP contribution < -0.4 is 10.3 Å². The minimum absolute atomic E-state index is 0.0626. The highest BCUT2D eigenvalue weighted by molar-refractivity contribution is 6.02. The third-order valence-electron chi connectivity index (χ3n) is 6.76. The Morgan fingerprint density at radius 1 is 1.03 bits per heavy atom. The zero-order chi connectivity index (χ0) is 22.4. The number of fused-ring (bicyclic) bond motifs is 2. The molecule has 32 heavy (non-hydrogen) atoms. The molecule has 2 atom stereocenters. The molecule has 3 fully saturated rings. The topological polar surface area (TPSA) is 102 Å². The van der Waals surface area contributed by atoms with E-state index in [2.05, 4.69) is 4.98 Å². The van der Waals surface area contributed by atoms with Crippen molar-refractivity contribution in [1.29, 1.82) is 0 Å². The quantitative estimate of drug-likeness (QED) is 0.674. The van der Waals surface area contributed by atoms with Crippen molar-refractivity contribution in [3.8, 4) is 11.6 Å². The molecule has 9 nitrogen and oxygen atoms in total. The third kappa shape index (κ3) is 3.28. The van der Waals surface area contributed by atoms with Gasteiger partial charge in [0.25, 0.3) is 11.5 Å². The Labute approximate surface area is 184 Å². The van der Waals surface area contributed by atoms with E-state index in [1.165, 1.54) is 28.8 Å². The van der Waals surface area contributed by atoms with Crippen LogP contribution in [-0.4, -0.2) is 62.3 Å². The van der Waals surface area contributed by atoms with Crippen LogP contribution in [0.5, 0.6) is 5.75 Å². The molecule has 2 bridgehead atoms. The van der Waals surface area contributed by atoms with Gasteiger partial charge in [-0.05, 0) is 37.8 Å². The first-order chi connectivity index (χ1) is 15.5. The fourth-order valence-corrected chi connectivity index (χ4v) is 5.35. The second kappa shape index (κ2) is 7.89. The Hall–Kier alpha value is -3.49. The fourth-order valence-electron chi connectivity index (χ4n) is 5.35. The third-order valence-corrected chi connectivity index (χ3v) is 6.76. The van der Waals surface area contributed by atoms with Crippen LogP contribution in [0.3, 0.4) is 0 Å². The predicted molar refractivity (Wildman–Crippen MR) is 113 cm³/mol. The molecule has 0 saturated carbocycles. The van der Waals surface area contributed by atoms with Gasteiger partial charge in [0, 0.05) is 49.4 Å². The summed E-state index contributed by atoms with van der Waals surface area (Å²) in [6.45, 7) is 0. The lowest BCUT2D eigenvalue weighted by atomic mass is 9.95. The maximum atomic E-state index is 13.7. The molecule has 2 aromatic rings. The van der Waals surface area contributed by atoms with Crippen molar-refractivity contribution in [2.45, 2.75) is 56.7 Å². The lowest BCUT2D eigenvalue weighted by Crippen LogP contribution is -2.53. The van der Waals surface area contributed by atoms with Crippen molar-refractivity contribution in [3.63, 3.8) is 0 Å². The summed E-state index contributed by atoms with van der Waals surface area (Å²) in [5, 5.41) is 0. The zero-order valence-corrected chi connectivity index (χ0v) is 17.8. The fraction of sp³-hybridized carbons (Fsp3) is 0.435. The molecule has 5 rings (SSSR count). The number of methoxy groups -OCH3 is 1. The molecular formula is C23H24N4O5. The van der Waals surface area contributed by atoms with Crippen molar-refractivity contribution in [3.05, 3.63) is 52.6 Å². The molecule has 0 aliphatic carbocycles. The highest BCUT2D eigenvalue weighted by Gasteiger charge is 2.48. The number of nitrogens with zero attached hydrogens (tertiary/aromatic N) is 4. The second-order valence-electron chi connectivity index (χ2n) is 8.53. The highest BCUT2D eigenvalue weighted by atomic mass is 16.5. The number of carbonyl (C=O) groups excluding carboxylic acids is 3. The van der Waals surface area contributed by atoms with Crippen LogP contribution in [0.4, 0.5) is 0 Å². The zero-order valence-electron chi connectivity index (χ0n) is 17.8. The molecule has 3 amide bonds. The Morgan fingerprint density at radius 2 is 1.72 bits per heavy atom. The number of ether oxygens (including phenoxy) is 1. The molecular weight excluding hydrogens is 412 g/mol. The van der Waals surface area contributed by atoms with Crippen molar-refractivity contribution in [2.75, 3.05) is 7.11 Å². The summed E-state index contributed by atoms with van der Waals surface area (Å²) in [4.78, 5) is 58.2. The molecule has 5 heterocycles. The number of likely N-dealkylation sites (tertiary alicyclic amines) is 1. The van der Waals surface area contributed by atoms with Crippen molar-refractivity contribution in [1.82, 2.24) is 19.4 Å². The Morgan fingerprint density at radius 3 is 2.31 bits per heavy atom. The summed E-state index contributed by atoms with van der Waals surface area (Å²) in [5.74, 6) is 0.212. The second-order valence-corrected chi connectivity index (χ2v) is 8.53. The number of imide groups is 1. The number of carbonyl (C=O) groups is 3. The first kappa shape index (κ1) is 20.4. The van der Waals surface area contributed by atoms with E-state index in [4.69, 9.17) is 4.74 Å². The Bertz CT molecular complexity index is 1110. The monoisotopic (exact) mass is 436 g/mol. The lowest BCUT2D eigenvalue weighted by Gasteiger charge is -2.41. The van der Waals surface area contributed by atoms with Crippen molar-refractivity contribution >= 4 is 17.7 Å². The smallest absolute Gasteiger partial charge is 0.260 e. The van der Waals surface area contributed by atoms with Gasteiger partial charge < -0.3 is 9.64 Å². The normalized spacial score (nSPS) is 24.8. The molecule has 9 heteroatoms. The first-order valence-electron chi connectivity index (χ1n) is 10.9. The van der Waals surface area contributed by atoms with E-state index in [1.54, 1.807) is 24.4 Å². The number of rotatable bonds is 4. The standard InChI is InChI=1S/C23H24N4O5/c1-32-18-12-22(30)25(19-4-2-3-9-24-19)13-17(18)23(31)26-14-5-6-15(26)11-16(10-14)27-20(28)7-8-21(27)29/h2-4,9,12-16H,5-8,10-11H2,1H3. The van der Waals surface area contributed by atoms with Gasteiger partial charge in [-0.1, -0.05) is 6.07 Å². The lowest BCUT2D eigenvalue weighted by molar-refractivity contribution is -0.142. The van der Waals surface area contributed by atoms with Crippen LogP contribution >= 0.6 is 0 Å². The number of piperidine rings is 1. The van der Waals surface area contributed by atoms with Crippen LogP contribution in [-0.2, 0) is 9.59 Å². The molecule has 0 radical (unpaired) electrons. The summed E-state index contributed by atoms with van der Waals surface area (Å²) in [7, 11) is 1.43. The largest absolute Gasteiger partial charge is 0.496 e. The summed E-state index contributed by atoms with van der Waals surface area (Å²) >= 11 is 0. The van der Waals surface area contributed by atoms with E-state index >= 15 is 0 Å². The molecule has 3 saturated heterocycles. The van der Waals surface area contributed by atoms with Gasteiger partial charge >= 0.3 is 0 Å². The average molecular weight is 436 g/mol. The molecule has 0 N–H and O–H groups in total. The maximum absolute atomic E-state index is 13.7. The highest BCUT2D eigenvalue weighted by Crippen LogP contribution is 2.40. The van der Waals surface area contributed by atoms with Gasteiger partial charge in [0.1, 0.15) is 11.6 Å². The van der Waals surface area contributed by atoms with Gasteiger partial charge in [0.2, 0.25) is 11.8 Å². The van der Waals surface area contributed by atoms with Gasteiger partial charge in [-0.2, -0.15) is 0 Å². The minimum Gasteiger partial charge on any atom is -0.496 e. The van der Waals surface area contributed by atoms with Gasteiger partial charge in [-0.3, -0.25) is 28.6 Å². The van der Waals surface area contributed by atoms with Crippen molar-refractivity contribution in [2.24, 2.45) is 0 Å². The Kier molecular flexibility index (Phi) is 5.03. The van der Waals surface area contributed by atoms with Gasteiger partial charge in [0.05, 0.1) is 12.7 Å². The van der Waals surface area contributed by atoms with E-state index < -0.39 is 0 Å². The molecule has 0 aromatic carbocycles. The molecule has 3 aliphatic rings. The Balaban J connectivity index is 1.46. The van der Waals surface area contributed by atoms with E-state index in [0.29, 0.717) is 24.2 Å². The predicted octanol–water partition coefficient (Wildman–Crippen LogP) is 1.53. The number of pyridine rings is 2. The minimum atomic E-state index is -0.343. The molecule has 2 unspecified atom stereocenters. The van der Waals surface area contributed by atoms with E-state index in [-0.39, 0.29) is 60.0 Å². The SMILES string of the molecule is COc1cc(=O)n(-c2ccccn2)cc1C(=O)N1C2CCC1CC(N1C(=O)CCC1=O)C2. The molecule has 3 aliphatic heterocycles. The summed E-state index contributed by atoms with van der Waals surface area (Å²) in [6.07, 6.45) is 6.45. The van der Waals surface area contributed by atoms with Crippen LogP contribution in [0.2, 0.25) is 0 Å². The van der Waals surface area contributed by atoms with Crippen LogP contribution in [0.25, 0.3) is 5.82 Å². The van der Waals surface area contributed by atoms with Gasteiger partial charge in [-0.15, -0.1) is 0 Å². The number of hydrogen-bond donors (Lipinski definition) is 0. The number of amides is 3. The van der Waals surface area contributed by atoms with E-state index in [0.717, 1.165) is 12.8 Å². The molecule has 166 valence electrons. The number of hydrogen-bond acceptors (Lipinski definition) is 6. The molecule has 0 spiro atoms. The van der Waals surface area contributed by atoms with Gasteiger partial charge in [-0.25, -0.2) is 4.98 Å². The first-order valence-corrected chi connectivity index (χ1v) is 10.9. The van der Waals surface area contributed by atoms with Crippen LogP contribution in [0, 0.1) is 0 Å². The number of aromatic nitrogens is 2. The van der Waals surface area contributed by atoms with E-state index in [9.17, 15) is 19.2 Å². The van der Waals surface area contributed by atoms with Crippen molar-refractivity contribution < 1.29 is 19.1 Å². The maximum Gasteiger partial charge on any atom is 0.260 e. The summed E-state index contributed by atoms with van der Waals surface area (Å²) < 4.78 is 6.71. The summed E-state index contributed by atoms with van der Waals surface area (Å²) in [5.41, 5.74) is -0.0498. The molecule has 2 aromatic heterocycles.